The number of aliphatic carboxylic acids is 1. The number of hydrogen-bond donors (Lipinski definition) is 1. The van der Waals surface area contributed by atoms with Gasteiger partial charge in [0.1, 0.15) is 6.04 Å². The Morgan fingerprint density at radius 3 is 2.49 bits per heavy atom. The highest BCUT2D eigenvalue weighted by Gasteiger charge is 2.39. The summed E-state index contributed by atoms with van der Waals surface area (Å²) in [5.41, 5.74) is 1.24. The first-order chi connectivity index (χ1) is 16.3. The van der Waals surface area contributed by atoms with E-state index in [4.69, 9.17) is 25.8 Å². The number of nitrogens with zero attached hydrogens (tertiary/aromatic N) is 1. The fraction of sp³-hybridized carbons (Fsp3) is 0.560. The molecular weight excluding hydrogens is 494 g/mol. The molecule has 10 heteroatoms. The molecule has 3 atom stereocenters. The van der Waals surface area contributed by atoms with Gasteiger partial charge in [0.25, 0.3) is 0 Å². The van der Waals surface area contributed by atoms with Gasteiger partial charge in [0, 0.05) is 29.4 Å². The van der Waals surface area contributed by atoms with Crippen molar-refractivity contribution in [3.8, 4) is 0 Å². The number of hydrogen-bond acceptors (Lipinski definition) is 8. The van der Waals surface area contributed by atoms with Crippen LogP contribution in [0.25, 0.3) is 0 Å². The van der Waals surface area contributed by atoms with Crippen molar-refractivity contribution in [2.24, 2.45) is 5.92 Å². The Balaban J connectivity index is 2.37. The average Bonchev–Trinajstić information content (AvgIpc) is 2.87. The van der Waals surface area contributed by atoms with E-state index in [1.54, 1.807) is 52.0 Å². The van der Waals surface area contributed by atoms with Crippen molar-refractivity contribution >= 4 is 41.5 Å². The largest absolute Gasteiger partial charge is 0.509 e. The van der Waals surface area contributed by atoms with Gasteiger partial charge in [-0.3, -0.25) is 4.90 Å². The third-order valence-corrected chi connectivity index (χ3v) is 7.57. The second-order valence-corrected chi connectivity index (χ2v) is 11.4. The maximum absolute atomic E-state index is 12.9. The Bertz CT molecular complexity index is 949. The zero-order valence-corrected chi connectivity index (χ0v) is 22.5. The van der Waals surface area contributed by atoms with Crippen LogP contribution in [0, 0.1) is 5.92 Å². The molecule has 1 aliphatic heterocycles. The summed E-state index contributed by atoms with van der Waals surface area (Å²) >= 11 is 7.85. The van der Waals surface area contributed by atoms with Gasteiger partial charge in [-0.05, 0) is 57.2 Å². The van der Waals surface area contributed by atoms with Crippen LogP contribution in [0.4, 0.5) is 4.79 Å². The number of thioether (sulfide) groups is 1. The van der Waals surface area contributed by atoms with Crippen molar-refractivity contribution in [1.29, 1.82) is 0 Å². The first-order valence-corrected chi connectivity index (χ1v) is 12.7. The number of rotatable bonds is 8. The predicted molar refractivity (Wildman–Crippen MR) is 135 cm³/mol. The second kappa shape index (κ2) is 12.6. The van der Waals surface area contributed by atoms with E-state index >= 15 is 0 Å². The lowest BCUT2D eigenvalue weighted by Crippen LogP contribution is -2.36. The van der Waals surface area contributed by atoms with E-state index in [0.29, 0.717) is 29.1 Å². The SMILES string of the molecule is COC(=O)[C@H](c1ccccc1Cl)N1CCC(SC(C)(C)OC(=O)OC(C)C)[C@H](C)/C(=C/C(=O)O)C1. The molecule has 0 aliphatic carbocycles. The number of halogens is 1. The maximum atomic E-state index is 12.9. The number of ether oxygens (including phenoxy) is 3. The number of carbonyl (C=O) groups is 3. The maximum Gasteiger partial charge on any atom is 0.509 e. The van der Waals surface area contributed by atoms with Gasteiger partial charge in [0.2, 0.25) is 0 Å². The Morgan fingerprint density at radius 1 is 1.26 bits per heavy atom. The minimum absolute atomic E-state index is 0.100. The molecule has 0 bridgehead atoms. The highest BCUT2D eigenvalue weighted by atomic mass is 35.5. The molecule has 0 aromatic heterocycles. The van der Waals surface area contributed by atoms with Crippen LogP contribution in [0.5, 0.6) is 0 Å². The number of esters is 1. The molecule has 2 rings (SSSR count). The van der Waals surface area contributed by atoms with Crippen LogP contribution in [-0.4, -0.2) is 64.6 Å². The highest BCUT2D eigenvalue weighted by molar-refractivity contribution is 8.01. The molecule has 0 saturated carbocycles. The lowest BCUT2D eigenvalue weighted by atomic mass is 9.96. The van der Waals surface area contributed by atoms with Crippen LogP contribution in [0.2, 0.25) is 5.02 Å². The Kier molecular flexibility index (Phi) is 10.5. The monoisotopic (exact) mass is 527 g/mol. The first kappa shape index (κ1) is 29.0. The van der Waals surface area contributed by atoms with Gasteiger partial charge in [-0.1, -0.05) is 36.7 Å². The summed E-state index contributed by atoms with van der Waals surface area (Å²) in [7, 11) is 1.31. The molecule has 194 valence electrons. The minimum Gasteiger partial charge on any atom is -0.478 e. The van der Waals surface area contributed by atoms with Crippen molar-refractivity contribution in [1.82, 2.24) is 4.90 Å². The summed E-state index contributed by atoms with van der Waals surface area (Å²) in [5.74, 6) is -1.72. The lowest BCUT2D eigenvalue weighted by Gasteiger charge is -2.31. The van der Waals surface area contributed by atoms with Crippen molar-refractivity contribution in [3.63, 3.8) is 0 Å². The van der Waals surface area contributed by atoms with Crippen LogP contribution >= 0.6 is 23.4 Å². The van der Waals surface area contributed by atoms with Crippen LogP contribution in [0.15, 0.2) is 35.9 Å². The predicted octanol–water partition coefficient (Wildman–Crippen LogP) is 5.31. The molecule has 0 radical (unpaired) electrons. The van der Waals surface area contributed by atoms with Crippen molar-refractivity contribution < 1.29 is 33.7 Å². The number of carboxylic acid groups (broad SMARTS) is 1. The molecular formula is C25H34ClNO7S. The quantitative estimate of drug-likeness (QED) is 0.274. The number of carbonyl (C=O) groups excluding carboxylic acids is 2. The number of benzene rings is 1. The highest BCUT2D eigenvalue weighted by Crippen LogP contribution is 2.41. The zero-order chi connectivity index (χ0) is 26.3. The van der Waals surface area contributed by atoms with Crippen LogP contribution < -0.4 is 0 Å². The summed E-state index contributed by atoms with van der Waals surface area (Å²) in [6.07, 6.45) is 0.732. The molecule has 1 aromatic rings. The van der Waals surface area contributed by atoms with Crippen LogP contribution in [0.3, 0.4) is 0 Å². The van der Waals surface area contributed by atoms with E-state index in [2.05, 4.69) is 0 Å². The normalized spacial score (nSPS) is 21.3. The molecule has 1 aromatic carbocycles. The molecule has 1 heterocycles. The summed E-state index contributed by atoms with van der Waals surface area (Å²) in [4.78, 5) is 37.6. The average molecular weight is 528 g/mol. The van der Waals surface area contributed by atoms with E-state index < -0.39 is 29.1 Å². The molecule has 1 saturated heterocycles. The molecule has 1 aliphatic rings. The summed E-state index contributed by atoms with van der Waals surface area (Å²) in [6.45, 7) is 9.68. The Morgan fingerprint density at radius 2 is 1.91 bits per heavy atom. The molecule has 0 spiro atoms. The smallest absolute Gasteiger partial charge is 0.478 e. The standard InChI is InChI=1S/C25H34ClNO7S/c1-15(2)33-24(31)34-25(4,5)35-20-11-12-27(14-17(16(20)3)13-21(28)29)22(23(30)32-6)18-9-7-8-10-19(18)26/h7-10,13,15-16,20,22H,11-12,14H2,1-6H3,(H,28,29)/b17-13+/t16-,20?,22+/m1/s1. The van der Waals surface area contributed by atoms with Gasteiger partial charge < -0.3 is 19.3 Å². The van der Waals surface area contributed by atoms with Gasteiger partial charge in [0.15, 0.2) is 4.93 Å². The summed E-state index contributed by atoms with van der Waals surface area (Å²) < 4.78 is 15.7. The summed E-state index contributed by atoms with van der Waals surface area (Å²) in [5, 5.41) is 9.86. The summed E-state index contributed by atoms with van der Waals surface area (Å²) in [6, 6.07) is 6.24. The molecule has 35 heavy (non-hydrogen) atoms. The van der Waals surface area contributed by atoms with E-state index in [1.165, 1.54) is 24.9 Å². The first-order valence-electron chi connectivity index (χ1n) is 11.4. The molecule has 0 amide bonds. The lowest BCUT2D eigenvalue weighted by molar-refractivity contribution is -0.147. The van der Waals surface area contributed by atoms with E-state index in [1.807, 2.05) is 11.8 Å². The molecule has 8 nitrogen and oxygen atoms in total. The number of carboxylic acids is 1. The van der Waals surface area contributed by atoms with Crippen molar-refractivity contribution in [3.05, 3.63) is 46.5 Å². The van der Waals surface area contributed by atoms with E-state index in [-0.39, 0.29) is 23.8 Å². The number of methoxy groups -OCH3 is 1. The third kappa shape index (κ3) is 8.44. The van der Waals surface area contributed by atoms with Crippen molar-refractivity contribution in [2.75, 3.05) is 20.2 Å². The van der Waals surface area contributed by atoms with Gasteiger partial charge in [-0.15, -0.1) is 11.8 Å². The fourth-order valence-electron chi connectivity index (χ4n) is 4.04. The van der Waals surface area contributed by atoms with Gasteiger partial charge >= 0.3 is 18.1 Å². The molecule has 1 N–H and O–H groups in total. The zero-order valence-electron chi connectivity index (χ0n) is 20.9. The Labute approximate surface area is 215 Å². The third-order valence-electron chi connectivity index (χ3n) is 5.62. The van der Waals surface area contributed by atoms with Crippen LogP contribution in [-0.2, 0) is 23.8 Å². The van der Waals surface area contributed by atoms with Gasteiger partial charge in [-0.25, -0.2) is 14.4 Å². The fourth-order valence-corrected chi connectivity index (χ4v) is 5.73. The molecule has 1 fully saturated rings. The van der Waals surface area contributed by atoms with E-state index in [9.17, 15) is 19.5 Å². The minimum atomic E-state index is -1.07. The van der Waals surface area contributed by atoms with Gasteiger partial charge in [0.05, 0.1) is 13.2 Å². The topological polar surface area (TPSA) is 102 Å². The van der Waals surface area contributed by atoms with Crippen LogP contribution in [0.1, 0.15) is 52.6 Å². The Hall–Kier alpha value is -2.23. The second-order valence-electron chi connectivity index (χ2n) is 9.13. The molecule has 1 unspecified atom stereocenters. The number of likely N-dealkylation sites (tertiary alicyclic amines) is 1. The van der Waals surface area contributed by atoms with Gasteiger partial charge in [-0.2, -0.15) is 0 Å². The van der Waals surface area contributed by atoms with E-state index in [0.717, 1.165) is 0 Å². The van der Waals surface area contributed by atoms with Crippen molar-refractivity contribution in [2.45, 2.75) is 63.4 Å².